The van der Waals surface area contributed by atoms with Gasteiger partial charge in [-0.05, 0) is 62.0 Å². The van der Waals surface area contributed by atoms with Gasteiger partial charge < -0.3 is 25.2 Å². The number of hydrogen-bond acceptors (Lipinski definition) is 5. The van der Waals surface area contributed by atoms with Gasteiger partial charge in [0.25, 0.3) is 0 Å². The molecule has 1 aromatic carbocycles. The van der Waals surface area contributed by atoms with Crippen molar-refractivity contribution in [3.05, 3.63) is 47.5 Å². The Morgan fingerprint density at radius 1 is 1.23 bits per heavy atom. The Kier molecular flexibility index (Phi) is 9.08. The van der Waals surface area contributed by atoms with Crippen LogP contribution < -0.4 is 10.6 Å². The Morgan fingerprint density at radius 3 is 2.50 bits per heavy atom. The van der Waals surface area contributed by atoms with Crippen LogP contribution in [0.2, 0.25) is 5.02 Å². The predicted octanol–water partition coefficient (Wildman–Crippen LogP) is 5.20. The Hall–Kier alpha value is -2.35. The van der Waals surface area contributed by atoms with Crippen molar-refractivity contribution in [2.24, 2.45) is 11.3 Å². The minimum absolute atomic E-state index is 0.145. The normalized spacial score (nSPS) is 27.0. The zero-order chi connectivity index (χ0) is 29.3. The third-order valence-electron chi connectivity index (χ3n) is 8.36. The fourth-order valence-electron chi connectivity index (χ4n) is 5.91. The van der Waals surface area contributed by atoms with Crippen LogP contribution in [0, 0.1) is 11.3 Å². The van der Waals surface area contributed by atoms with Crippen LogP contribution >= 0.6 is 19.0 Å². The molecule has 5 atom stereocenters. The molecule has 2 saturated carbocycles. The number of nitrogens with zero attached hydrogens (tertiary/aromatic N) is 1. The second-order valence-electron chi connectivity index (χ2n) is 12.4. The first-order valence-electron chi connectivity index (χ1n) is 14.1. The van der Waals surface area contributed by atoms with Gasteiger partial charge in [-0.15, -0.1) is 6.58 Å². The first-order chi connectivity index (χ1) is 18.8. The Balaban J connectivity index is 1.49. The van der Waals surface area contributed by atoms with E-state index < -0.39 is 42.1 Å². The first-order valence-corrected chi connectivity index (χ1v) is 16.3. The van der Waals surface area contributed by atoms with Gasteiger partial charge in [-0.2, -0.15) is 0 Å². The van der Waals surface area contributed by atoms with Crippen molar-refractivity contribution in [1.82, 2.24) is 15.5 Å². The second kappa shape index (κ2) is 11.9. The molecule has 1 unspecified atom stereocenters. The summed E-state index contributed by atoms with van der Waals surface area (Å²) in [5, 5.41) is 4.65. The number of rotatable bonds is 9. The summed E-state index contributed by atoms with van der Waals surface area (Å²) in [4.78, 5) is 52.9. The number of hydrogen-bond donors (Lipinski definition) is 3. The third kappa shape index (κ3) is 6.42. The molecule has 4 rings (SSSR count). The summed E-state index contributed by atoms with van der Waals surface area (Å²) in [5.41, 5.74) is -0.115. The van der Waals surface area contributed by atoms with E-state index in [0.29, 0.717) is 30.0 Å². The molecule has 1 aromatic rings. The molecule has 11 heteroatoms. The summed E-state index contributed by atoms with van der Waals surface area (Å²) < 4.78 is 19.3. The Labute approximate surface area is 241 Å². The molecule has 0 spiro atoms. The fourth-order valence-corrected chi connectivity index (χ4v) is 8.62. The Morgan fingerprint density at radius 2 is 1.90 bits per heavy atom. The van der Waals surface area contributed by atoms with E-state index in [9.17, 15) is 23.8 Å². The van der Waals surface area contributed by atoms with E-state index >= 15 is 0 Å². The zero-order valence-corrected chi connectivity index (χ0v) is 25.2. The van der Waals surface area contributed by atoms with Crippen molar-refractivity contribution in [2.75, 3.05) is 6.54 Å². The monoisotopic (exact) mass is 593 g/mol. The number of benzene rings is 1. The average molecular weight is 594 g/mol. The Bertz CT molecular complexity index is 1200. The van der Waals surface area contributed by atoms with E-state index in [2.05, 4.69) is 17.2 Å². The maximum Gasteiger partial charge on any atom is 0.408 e. The van der Waals surface area contributed by atoms with E-state index in [4.69, 9.17) is 16.3 Å². The quantitative estimate of drug-likeness (QED) is 0.267. The van der Waals surface area contributed by atoms with Crippen LogP contribution in [0.25, 0.3) is 0 Å². The highest BCUT2D eigenvalue weighted by molar-refractivity contribution is 7.59. The summed E-state index contributed by atoms with van der Waals surface area (Å²) in [7, 11) is -3.99. The zero-order valence-electron chi connectivity index (χ0n) is 23.5. The van der Waals surface area contributed by atoms with Crippen molar-refractivity contribution in [1.29, 1.82) is 0 Å². The number of carbonyl (C=O) groups is 3. The predicted molar refractivity (Wildman–Crippen MR) is 154 cm³/mol. The van der Waals surface area contributed by atoms with Crippen LogP contribution in [-0.2, 0) is 25.1 Å². The third-order valence-corrected chi connectivity index (χ3v) is 11.4. The van der Waals surface area contributed by atoms with Gasteiger partial charge in [-0.1, -0.05) is 56.6 Å². The molecule has 0 bridgehead atoms. The van der Waals surface area contributed by atoms with E-state index in [-0.39, 0.29) is 30.5 Å². The fraction of sp³-hybridized carbons (Fsp3) is 0.621. The van der Waals surface area contributed by atoms with Crippen LogP contribution in [0.3, 0.4) is 0 Å². The van der Waals surface area contributed by atoms with Crippen LogP contribution in [0.4, 0.5) is 4.79 Å². The summed E-state index contributed by atoms with van der Waals surface area (Å²) >= 11 is 6.26. The van der Waals surface area contributed by atoms with Gasteiger partial charge in [0.1, 0.15) is 23.5 Å². The molecular formula is C29H41ClN3O6P. The smallest absolute Gasteiger partial charge is 0.408 e. The molecule has 2 aliphatic carbocycles. The number of ether oxygens (including phenoxy) is 1. The van der Waals surface area contributed by atoms with Crippen LogP contribution in [0.1, 0.15) is 71.3 Å². The maximum atomic E-state index is 13.8. The van der Waals surface area contributed by atoms with Gasteiger partial charge in [0.15, 0.2) is 0 Å². The number of carbonyl (C=O) groups excluding carboxylic acids is 3. The molecule has 1 aliphatic heterocycles. The molecule has 1 saturated heterocycles. The van der Waals surface area contributed by atoms with Crippen LogP contribution in [0.5, 0.6) is 0 Å². The number of halogens is 1. The molecule has 9 nitrogen and oxygen atoms in total. The summed E-state index contributed by atoms with van der Waals surface area (Å²) in [6.45, 7) is 9.68. The van der Waals surface area contributed by atoms with E-state index in [0.717, 1.165) is 25.7 Å². The van der Waals surface area contributed by atoms with E-state index in [1.807, 2.05) is 20.8 Å². The molecule has 3 fully saturated rings. The SMILES string of the molecule is C=C[C@@H]1C[C@]1(NC(=O)[C@@H]1CCCN1C(=O)[C@@H](NC(=O)OC1CCCC1)C(C)(C)C)P(=O)(O)Cc1ccccc1Cl. The maximum absolute atomic E-state index is 13.8. The highest BCUT2D eigenvalue weighted by atomic mass is 35.5. The van der Waals surface area contributed by atoms with Crippen molar-refractivity contribution in [2.45, 2.75) is 95.3 Å². The molecular weight excluding hydrogens is 553 g/mol. The number of alkyl carbamates (subject to hydrolysis) is 1. The lowest BCUT2D eigenvalue weighted by molar-refractivity contribution is -0.142. The van der Waals surface area contributed by atoms with Gasteiger partial charge in [0, 0.05) is 17.5 Å². The molecule has 1 heterocycles. The molecule has 220 valence electrons. The summed E-state index contributed by atoms with van der Waals surface area (Å²) in [5.74, 6) is -1.23. The highest BCUT2D eigenvalue weighted by Crippen LogP contribution is 2.71. The van der Waals surface area contributed by atoms with Gasteiger partial charge in [-0.25, -0.2) is 4.79 Å². The second-order valence-corrected chi connectivity index (χ2v) is 15.3. The van der Waals surface area contributed by atoms with E-state index in [1.165, 1.54) is 4.90 Å². The lowest BCUT2D eigenvalue weighted by atomic mass is 9.85. The number of likely N-dealkylation sites (tertiary alicyclic amines) is 1. The van der Waals surface area contributed by atoms with Crippen molar-refractivity contribution < 1.29 is 28.6 Å². The van der Waals surface area contributed by atoms with Gasteiger partial charge in [-0.3, -0.25) is 14.2 Å². The molecule has 0 aromatic heterocycles. The molecule has 3 aliphatic rings. The van der Waals surface area contributed by atoms with Crippen LogP contribution in [0.15, 0.2) is 36.9 Å². The van der Waals surface area contributed by atoms with Gasteiger partial charge in [0.2, 0.25) is 19.2 Å². The lowest BCUT2D eigenvalue weighted by Gasteiger charge is -2.36. The van der Waals surface area contributed by atoms with Crippen molar-refractivity contribution in [3.63, 3.8) is 0 Å². The summed E-state index contributed by atoms with van der Waals surface area (Å²) in [6, 6.07) is 5.11. The minimum Gasteiger partial charge on any atom is -0.446 e. The van der Waals surface area contributed by atoms with Crippen molar-refractivity contribution >= 4 is 36.9 Å². The largest absolute Gasteiger partial charge is 0.446 e. The highest BCUT2D eigenvalue weighted by Gasteiger charge is 2.65. The minimum atomic E-state index is -3.99. The molecule has 0 radical (unpaired) electrons. The van der Waals surface area contributed by atoms with E-state index in [1.54, 1.807) is 30.3 Å². The lowest BCUT2D eigenvalue weighted by Crippen LogP contribution is -2.58. The summed E-state index contributed by atoms with van der Waals surface area (Å²) in [6.07, 6.45) is 5.56. The van der Waals surface area contributed by atoms with Gasteiger partial charge in [0.05, 0.1) is 6.16 Å². The number of nitrogens with one attached hydrogen (secondary N) is 2. The topological polar surface area (TPSA) is 125 Å². The standard InChI is InChI=1S/C29H41ClN3O6P/c1-5-20-17-29(20,40(37,38)18-19-11-6-9-14-22(19)30)32-25(34)23-15-10-16-33(23)26(35)24(28(2,3)4)31-27(36)39-21-12-7-8-13-21/h5-6,9,11,14,20-21,23-24H,1,7-8,10,12-13,15-18H2,2-4H3,(H,31,36)(H,32,34)(H,37,38)/t20-,23+,24-,29+/m1/s1. The van der Waals surface area contributed by atoms with Gasteiger partial charge >= 0.3 is 6.09 Å². The average Bonchev–Trinajstić information content (AvgIpc) is 3.21. The molecule has 3 N–H and O–H groups in total. The first kappa shape index (κ1) is 30.6. The van der Waals surface area contributed by atoms with Crippen LogP contribution in [-0.4, -0.2) is 57.7 Å². The molecule has 3 amide bonds. The number of amides is 3. The molecule has 40 heavy (non-hydrogen) atoms. The van der Waals surface area contributed by atoms with Crippen molar-refractivity contribution in [3.8, 4) is 0 Å².